The quantitative estimate of drug-likeness (QED) is 0.793. The van der Waals surface area contributed by atoms with Crippen LogP contribution in [0.4, 0.5) is 5.82 Å². The lowest BCUT2D eigenvalue weighted by atomic mass is 9.93. The number of ether oxygens (including phenoxy) is 1. The fourth-order valence-electron chi connectivity index (χ4n) is 3.77. The molecule has 25 heavy (non-hydrogen) atoms. The molecule has 0 saturated carbocycles. The molecule has 3 heterocycles. The topological polar surface area (TPSA) is 57.3 Å². The molecule has 0 unspecified atom stereocenters. The molecule has 1 aromatic carbocycles. The molecule has 0 aliphatic carbocycles. The number of nitrogens with zero attached hydrogens (tertiary/aromatic N) is 4. The summed E-state index contributed by atoms with van der Waals surface area (Å²) in [4.78, 5) is 16.7. The van der Waals surface area contributed by atoms with E-state index in [1.165, 1.54) is 5.56 Å². The molecule has 3 aromatic rings. The summed E-state index contributed by atoms with van der Waals surface area (Å²) in [5, 5.41) is 1.08. The summed E-state index contributed by atoms with van der Waals surface area (Å²) in [7, 11) is 6.00. The Morgan fingerprint density at radius 1 is 1.12 bits per heavy atom. The van der Waals surface area contributed by atoms with Gasteiger partial charge < -0.3 is 19.5 Å². The molecule has 130 valence electrons. The van der Waals surface area contributed by atoms with Crippen molar-refractivity contribution in [1.82, 2.24) is 19.9 Å². The van der Waals surface area contributed by atoms with E-state index < -0.39 is 0 Å². The van der Waals surface area contributed by atoms with Crippen LogP contribution in [0.2, 0.25) is 0 Å². The first-order valence-corrected chi connectivity index (χ1v) is 8.51. The van der Waals surface area contributed by atoms with Crippen LogP contribution in [0.3, 0.4) is 0 Å². The Morgan fingerprint density at radius 2 is 1.92 bits per heavy atom. The third-order valence-electron chi connectivity index (χ3n) is 5.13. The maximum absolute atomic E-state index is 5.29. The van der Waals surface area contributed by atoms with Gasteiger partial charge in [-0.3, -0.25) is 0 Å². The van der Waals surface area contributed by atoms with Crippen LogP contribution in [0.1, 0.15) is 11.5 Å². The number of aromatic amines is 1. The van der Waals surface area contributed by atoms with Crippen LogP contribution < -0.4 is 9.64 Å². The Bertz CT molecular complexity index is 858. The molecular weight excluding hydrogens is 314 g/mol. The minimum Gasteiger partial charge on any atom is -0.497 e. The number of hydrogen-bond donors (Lipinski definition) is 1. The predicted molar refractivity (Wildman–Crippen MR) is 99.3 cm³/mol. The Labute approximate surface area is 147 Å². The van der Waals surface area contributed by atoms with Crippen LogP contribution >= 0.6 is 0 Å². The Morgan fingerprint density at radius 3 is 2.64 bits per heavy atom. The first-order chi connectivity index (χ1) is 12.2. The predicted octanol–water partition coefficient (Wildman–Crippen LogP) is 2.50. The molecule has 4 rings (SSSR count). The zero-order valence-electron chi connectivity index (χ0n) is 14.8. The van der Waals surface area contributed by atoms with Crippen LogP contribution in [0.25, 0.3) is 11.0 Å². The number of methoxy groups -OCH3 is 1. The average Bonchev–Trinajstić information content (AvgIpc) is 3.28. The summed E-state index contributed by atoms with van der Waals surface area (Å²) in [5.41, 5.74) is 2.22. The summed E-state index contributed by atoms with van der Waals surface area (Å²) < 4.78 is 5.29. The summed E-state index contributed by atoms with van der Waals surface area (Å²) in [6.45, 7) is 1.88. The lowest BCUT2D eigenvalue weighted by molar-refractivity contribution is 0.292. The molecule has 0 radical (unpaired) electrons. The molecule has 0 amide bonds. The zero-order valence-corrected chi connectivity index (χ0v) is 14.8. The molecule has 1 aliphatic rings. The summed E-state index contributed by atoms with van der Waals surface area (Å²) in [5.74, 6) is 2.32. The van der Waals surface area contributed by atoms with Gasteiger partial charge in [-0.25, -0.2) is 9.97 Å². The van der Waals surface area contributed by atoms with Crippen LogP contribution in [-0.2, 0) is 0 Å². The molecule has 1 N–H and O–H groups in total. The average molecular weight is 337 g/mol. The number of rotatable bonds is 4. The second-order valence-corrected chi connectivity index (χ2v) is 6.75. The first-order valence-electron chi connectivity index (χ1n) is 8.51. The third-order valence-corrected chi connectivity index (χ3v) is 5.13. The van der Waals surface area contributed by atoms with Crippen LogP contribution in [0.15, 0.2) is 42.9 Å². The van der Waals surface area contributed by atoms with E-state index in [1.54, 1.807) is 13.4 Å². The number of anilines is 1. The smallest absolute Gasteiger partial charge is 0.142 e. The number of likely N-dealkylation sites (N-methyl/N-ethyl adjacent to an activating group) is 1. The standard InChI is InChI=1S/C19H23N5O/c1-23(2)17-11-24(19-15-8-9-20-18(15)21-12-22-19)10-16(17)13-4-6-14(25-3)7-5-13/h4-9,12,16-17H,10-11H2,1-3H3,(H,20,21,22)/t16-,17+/m0/s1. The van der Waals surface area contributed by atoms with Gasteiger partial charge in [0.15, 0.2) is 0 Å². The molecule has 1 fully saturated rings. The van der Waals surface area contributed by atoms with E-state index in [1.807, 2.05) is 18.3 Å². The van der Waals surface area contributed by atoms with Crippen molar-refractivity contribution in [3.8, 4) is 5.75 Å². The number of nitrogens with one attached hydrogen (secondary N) is 1. The molecule has 0 spiro atoms. The van der Waals surface area contributed by atoms with Crippen molar-refractivity contribution in [2.75, 3.05) is 39.2 Å². The summed E-state index contributed by atoms with van der Waals surface area (Å²) in [6, 6.07) is 10.9. The van der Waals surface area contributed by atoms with E-state index in [4.69, 9.17) is 4.74 Å². The highest BCUT2D eigenvalue weighted by Gasteiger charge is 2.36. The largest absolute Gasteiger partial charge is 0.497 e. The number of fused-ring (bicyclic) bond motifs is 1. The SMILES string of the molecule is COc1ccc([C@@H]2CN(c3ncnc4[nH]ccc34)C[C@H]2N(C)C)cc1. The number of aromatic nitrogens is 3. The fourth-order valence-corrected chi connectivity index (χ4v) is 3.77. The second kappa shape index (κ2) is 6.37. The Hall–Kier alpha value is -2.60. The first kappa shape index (κ1) is 15.9. The monoisotopic (exact) mass is 337 g/mol. The molecule has 2 atom stereocenters. The van der Waals surface area contributed by atoms with Crippen molar-refractivity contribution in [2.24, 2.45) is 0 Å². The van der Waals surface area contributed by atoms with Crippen molar-refractivity contribution in [3.05, 3.63) is 48.4 Å². The molecule has 0 bridgehead atoms. The van der Waals surface area contributed by atoms with Crippen LogP contribution in [0, 0.1) is 0 Å². The number of H-pyrrole nitrogens is 1. The molecule has 6 heteroatoms. The van der Waals surface area contributed by atoms with Gasteiger partial charge in [0.25, 0.3) is 0 Å². The zero-order chi connectivity index (χ0) is 17.4. The minimum atomic E-state index is 0.421. The van der Waals surface area contributed by atoms with E-state index in [0.717, 1.165) is 35.7 Å². The van der Waals surface area contributed by atoms with Crippen molar-refractivity contribution in [3.63, 3.8) is 0 Å². The van der Waals surface area contributed by atoms with E-state index in [2.05, 4.69) is 57.0 Å². The second-order valence-electron chi connectivity index (χ2n) is 6.75. The third kappa shape index (κ3) is 2.82. The van der Waals surface area contributed by atoms with E-state index in [-0.39, 0.29) is 0 Å². The van der Waals surface area contributed by atoms with Gasteiger partial charge in [-0.15, -0.1) is 0 Å². The maximum Gasteiger partial charge on any atom is 0.142 e. The normalized spacial score (nSPS) is 20.6. The minimum absolute atomic E-state index is 0.421. The van der Waals surface area contributed by atoms with Crippen LogP contribution in [0.5, 0.6) is 5.75 Å². The lowest BCUT2D eigenvalue weighted by Gasteiger charge is -2.25. The fraction of sp³-hybridized carbons (Fsp3) is 0.368. The Kier molecular flexibility index (Phi) is 4.05. The van der Waals surface area contributed by atoms with Crippen molar-refractivity contribution < 1.29 is 4.74 Å². The van der Waals surface area contributed by atoms with Gasteiger partial charge in [0.1, 0.15) is 23.5 Å². The van der Waals surface area contributed by atoms with Gasteiger partial charge in [0.2, 0.25) is 0 Å². The van der Waals surface area contributed by atoms with Gasteiger partial charge in [-0.05, 0) is 37.9 Å². The van der Waals surface area contributed by atoms with Crippen molar-refractivity contribution >= 4 is 16.9 Å². The molecule has 6 nitrogen and oxygen atoms in total. The van der Waals surface area contributed by atoms with Gasteiger partial charge in [0.05, 0.1) is 12.5 Å². The van der Waals surface area contributed by atoms with Gasteiger partial charge >= 0.3 is 0 Å². The van der Waals surface area contributed by atoms with Crippen LogP contribution in [-0.4, -0.2) is 60.2 Å². The van der Waals surface area contributed by atoms with Crippen molar-refractivity contribution in [1.29, 1.82) is 0 Å². The van der Waals surface area contributed by atoms with Gasteiger partial charge in [-0.1, -0.05) is 12.1 Å². The van der Waals surface area contributed by atoms with E-state index >= 15 is 0 Å². The van der Waals surface area contributed by atoms with E-state index in [9.17, 15) is 0 Å². The summed E-state index contributed by atoms with van der Waals surface area (Å²) in [6.07, 6.45) is 3.56. The molecule has 1 aliphatic heterocycles. The molecule has 1 saturated heterocycles. The van der Waals surface area contributed by atoms with E-state index in [0.29, 0.717) is 12.0 Å². The highest BCUT2D eigenvalue weighted by molar-refractivity contribution is 5.87. The molecule has 2 aromatic heterocycles. The highest BCUT2D eigenvalue weighted by atomic mass is 16.5. The summed E-state index contributed by atoms with van der Waals surface area (Å²) >= 11 is 0. The Balaban J connectivity index is 1.67. The number of benzene rings is 1. The molecular formula is C19H23N5O. The highest BCUT2D eigenvalue weighted by Crippen LogP contribution is 2.35. The lowest BCUT2D eigenvalue weighted by Crippen LogP contribution is -2.34. The maximum atomic E-state index is 5.29. The van der Waals surface area contributed by atoms with Gasteiger partial charge in [0, 0.05) is 31.2 Å². The van der Waals surface area contributed by atoms with Gasteiger partial charge in [-0.2, -0.15) is 0 Å². The van der Waals surface area contributed by atoms with Crippen molar-refractivity contribution in [2.45, 2.75) is 12.0 Å². The number of hydrogen-bond acceptors (Lipinski definition) is 5.